The van der Waals surface area contributed by atoms with Gasteiger partial charge in [-0.25, -0.2) is 9.13 Å². The summed E-state index contributed by atoms with van der Waals surface area (Å²) in [5.74, 6) is 0.249. The highest BCUT2D eigenvalue weighted by atomic mass is 31.2. The van der Waals surface area contributed by atoms with Gasteiger partial charge < -0.3 is 33.8 Å². The summed E-state index contributed by atoms with van der Waals surface area (Å²) in [5, 5.41) is 10.7. The number of esters is 4. The van der Waals surface area contributed by atoms with Crippen LogP contribution in [0.2, 0.25) is 0 Å². The summed E-state index contributed by atoms with van der Waals surface area (Å²) in [5.41, 5.74) is 0. The molecule has 0 heterocycles. The molecule has 600 valence electrons. The van der Waals surface area contributed by atoms with E-state index in [1.807, 2.05) is 0 Å². The maximum Gasteiger partial charge on any atom is 0.472 e. The highest BCUT2D eigenvalue weighted by Crippen LogP contribution is 2.45. The zero-order valence-corrected chi connectivity index (χ0v) is 68.2. The Bertz CT molecular complexity index is 1960. The molecule has 0 bridgehead atoms. The second kappa shape index (κ2) is 72.3. The van der Waals surface area contributed by atoms with Crippen LogP contribution in [0.3, 0.4) is 0 Å². The minimum atomic E-state index is -4.96. The first-order valence-electron chi connectivity index (χ1n) is 42.3. The standard InChI is InChI=1S/C82H160O17P2/c1-8-9-10-11-12-13-14-19-28-35-42-49-56-63-79(84)92-70-78(99-82(87)66-59-52-45-38-31-24-27-34-41-48-55-62-75(6)7)72-97-101(90,91)95-68-76(83)67-94-100(88,89)96-71-77(69-93-80(85)64-57-50-43-36-29-23-22-26-33-40-47-54-61-74(4)5)98-81(86)65-58-51-44-37-30-21-18-16-15-17-20-25-32-39-46-53-60-73(2)3/h73-78,83H,8-72H2,1-7H3,(H,88,89)(H,90,91)/t76-,77-,78-/m1/s1. The molecule has 0 saturated heterocycles. The molecule has 0 aromatic rings. The largest absolute Gasteiger partial charge is 0.472 e. The molecule has 19 heteroatoms. The Labute approximate surface area is 619 Å². The molecule has 2 unspecified atom stereocenters. The second-order valence-corrected chi connectivity index (χ2v) is 33.8. The fourth-order valence-corrected chi connectivity index (χ4v) is 14.2. The van der Waals surface area contributed by atoms with Crippen molar-refractivity contribution in [1.82, 2.24) is 0 Å². The fourth-order valence-electron chi connectivity index (χ4n) is 12.7. The number of carbonyl (C=O) groups excluding carboxylic acids is 4. The molecule has 0 aliphatic carbocycles. The minimum absolute atomic E-state index is 0.107. The highest BCUT2D eigenvalue weighted by molar-refractivity contribution is 7.47. The molecule has 101 heavy (non-hydrogen) atoms. The number of rotatable bonds is 80. The summed E-state index contributed by atoms with van der Waals surface area (Å²) in [6.07, 6.45) is 60.9. The zero-order chi connectivity index (χ0) is 74.4. The Kier molecular flexibility index (Phi) is 70.9. The molecular weight excluding hydrogens is 1320 g/mol. The van der Waals surface area contributed by atoms with Gasteiger partial charge in [0.05, 0.1) is 26.4 Å². The highest BCUT2D eigenvalue weighted by Gasteiger charge is 2.30. The summed E-state index contributed by atoms with van der Waals surface area (Å²) < 4.78 is 68.8. The van der Waals surface area contributed by atoms with Crippen LogP contribution in [0.5, 0.6) is 0 Å². The first-order chi connectivity index (χ1) is 48.7. The summed E-state index contributed by atoms with van der Waals surface area (Å²) >= 11 is 0. The number of phosphoric ester groups is 2. The number of aliphatic hydroxyl groups is 1. The van der Waals surface area contributed by atoms with Crippen molar-refractivity contribution in [3.63, 3.8) is 0 Å². The molecule has 17 nitrogen and oxygen atoms in total. The second-order valence-electron chi connectivity index (χ2n) is 30.9. The number of hydrogen-bond acceptors (Lipinski definition) is 15. The van der Waals surface area contributed by atoms with E-state index in [0.29, 0.717) is 25.7 Å². The van der Waals surface area contributed by atoms with Crippen LogP contribution in [0, 0.1) is 17.8 Å². The van der Waals surface area contributed by atoms with E-state index in [0.717, 1.165) is 108 Å². The van der Waals surface area contributed by atoms with E-state index in [9.17, 15) is 43.2 Å². The number of aliphatic hydroxyl groups excluding tert-OH is 1. The van der Waals surface area contributed by atoms with E-state index in [1.54, 1.807) is 0 Å². The average molecular weight is 1480 g/mol. The Balaban J connectivity index is 5.26. The van der Waals surface area contributed by atoms with Crippen LogP contribution >= 0.6 is 15.6 Å². The van der Waals surface area contributed by atoms with Crippen molar-refractivity contribution in [3.8, 4) is 0 Å². The van der Waals surface area contributed by atoms with Gasteiger partial charge in [0, 0.05) is 25.7 Å². The van der Waals surface area contributed by atoms with Crippen molar-refractivity contribution >= 4 is 39.5 Å². The molecule has 0 fully saturated rings. The van der Waals surface area contributed by atoms with E-state index >= 15 is 0 Å². The van der Waals surface area contributed by atoms with Gasteiger partial charge in [-0.3, -0.25) is 37.3 Å². The molecule has 0 aliphatic rings. The van der Waals surface area contributed by atoms with Gasteiger partial charge >= 0.3 is 39.5 Å². The normalized spacial score (nSPS) is 14.0. The Morgan fingerprint density at radius 2 is 0.455 bits per heavy atom. The van der Waals surface area contributed by atoms with Crippen LogP contribution in [-0.4, -0.2) is 96.7 Å². The maximum absolute atomic E-state index is 13.1. The third-order valence-corrected chi connectivity index (χ3v) is 21.0. The number of hydrogen-bond donors (Lipinski definition) is 3. The van der Waals surface area contributed by atoms with Gasteiger partial charge in [0.1, 0.15) is 19.3 Å². The third-order valence-electron chi connectivity index (χ3n) is 19.1. The number of unbranched alkanes of at least 4 members (excludes halogenated alkanes) is 48. The number of phosphoric acid groups is 2. The molecule has 0 aromatic carbocycles. The fraction of sp³-hybridized carbons (Fsp3) is 0.951. The van der Waals surface area contributed by atoms with Gasteiger partial charge in [-0.15, -0.1) is 0 Å². The SMILES string of the molecule is CCCCCCCCCCCCCCCC(=O)OC[C@H](COP(=O)(O)OC[C@H](O)COP(=O)(O)OC[C@@H](COC(=O)CCCCCCCCCCCCCCC(C)C)OC(=O)CCCCCCCCCCCCCCCCCCC(C)C)OC(=O)CCCCCCCCCCCCCC(C)C. The van der Waals surface area contributed by atoms with E-state index < -0.39 is 97.5 Å². The van der Waals surface area contributed by atoms with Crippen molar-refractivity contribution in [1.29, 1.82) is 0 Å². The van der Waals surface area contributed by atoms with Crippen LogP contribution in [0.25, 0.3) is 0 Å². The van der Waals surface area contributed by atoms with E-state index in [1.165, 1.54) is 238 Å². The topological polar surface area (TPSA) is 237 Å². The lowest BCUT2D eigenvalue weighted by atomic mass is 10.0. The van der Waals surface area contributed by atoms with E-state index in [2.05, 4.69) is 48.5 Å². The molecule has 0 radical (unpaired) electrons. The quantitative estimate of drug-likeness (QED) is 0.0222. The molecular formula is C82H160O17P2. The van der Waals surface area contributed by atoms with Gasteiger partial charge in [0.25, 0.3) is 0 Å². The van der Waals surface area contributed by atoms with E-state index in [-0.39, 0.29) is 25.7 Å². The number of ether oxygens (including phenoxy) is 4. The molecule has 3 N–H and O–H groups in total. The van der Waals surface area contributed by atoms with Gasteiger partial charge in [0.15, 0.2) is 12.2 Å². The molecule has 5 atom stereocenters. The monoisotopic (exact) mass is 1480 g/mol. The first-order valence-corrected chi connectivity index (χ1v) is 45.3. The van der Waals surface area contributed by atoms with Gasteiger partial charge in [0.2, 0.25) is 0 Å². The minimum Gasteiger partial charge on any atom is -0.462 e. The Morgan fingerprint density at radius 3 is 0.673 bits per heavy atom. The molecule has 0 rings (SSSR count). The van der Waals surface area contributed by atoms with Crippen molar-refractivity contribution in [2.24, 2.45) is 17.8 Å². The molecule has 0 amide bonds. The lowest BCUT2D eigenvalue weighted by Crippen LogP contribution is -2.30. The van der Waals surface area contributed by atoms with Gasteiger partial charge in [-0.1, -0.05) is 376 Å². The van der Waals surface area contributed by atoms with Crippen LogP contribution in [0.15, 0.2) is 0 Å². The Morgan fingerprint density at radius 1 is 0.267 bits per heavy atom. The predicted octanol–water partition coefficient (Wildman–Crippen LogP) is 24.5. The maximum atomic E-state index is 13.1. The molecule has 0 spiro atoms. The zero-order valence-electron chi connectivity index (χ0n) is 66.4. The lowest BCUT2D eigenvalue weighted by Gasteiger charge is -2.21. The first kappa shape index (κ1) is 99.1. The summed E-state index contributed by atoms with van der Waals surface area (Å²) in [4.78, 5) is 73.1. The van der Waals surface area contributed by atoms with Crippen LogP contribution in [0.1, 0.15) is 427 Å². The molecule has 0 aliphatic heterocycles. The van der Waals surface area contributed by atoms with Crippen LogP contribution in [-0.2, 0) is 65.4 Å². The van der Waals surface area contributed by atoms with E-state index in [4.69, 9.17) is 37.0 Å². The predicted molar refractivity (Wildman–Crippen MR) is 414 cm³/mol. The summed E-state index contributed by atoms with van der Waals surface area (Å²) in [7, 11) is -9.92. The smallest absolute Gasteiger partial charge is 0.462 e. The van der Waals surface area contributed by atoms with Crippen molar-refractivity contribution in [2.45, 2.75) is 446 Å². The molecule has 0 saturated carbocycles. The van der Waals surface area contributed by atoms with Gasteiger partial charge in [-0.2, -0.15) is 0 Å². The lowest BCUT2D eigenvalue weighted by molar-refractivity contribution is -0.161. The van der Waals surface area contributed by atoms with Crippen LogP contribution in [0.4, 0.5) is 0 Å². The molecule has 0 aromatic heterocycles. The van der Waals surface area contributed by atoms with Crippen molar-refractivity contribution in [3.05, 3.63) is 0 Å². The van der Waals surface area contributed by atoms with Crippen molar-refractivity contribution in [2.75, 3.05) is 39.6 Å². The Hall–Kier alpha value is -1.94. The van der Waals surface area contributed by atoms with Crippen LogP contribution < -0.4 is 0 Å². The summed E-state index contributed by atoms with van der Waals surface area (Å²) in [6.45, 7) is 12.0. The number of carbonyl (C=O) groups is 4. The van der Waals surface area contributed by atoms with Gasteiger partial charge in [-0.05, 0) is 43.4 Å². The van der Waals surface area contributed by atoms with Crippen molar-refractivity contribution < 1.29 is 80.2 Å². The third kappa shape index (κ3) is 76.1. The summed E-state index contributed by atoms with van der Waals surface area (Å²) in [6, 6.07) is 0. The average Bonchev–Trinajstić information content (AvgIpc) is 1.07.